The molecule has 2 aromatic carbocycles. The van der Waals surface area contributed by atoms with E-state index in [-0.39, 0.29) is 17.7 Å². The largest absolute Gasteiger partial charge is 0.427 e. The Hall–Kier alpha value is -2.95. The molecule has 28 heavy (non-hydrogen) atoms. The van der Waals surface area contributed by atoms with Crippen LogP contribution >= 0.6 is 0 Å². The number of esters is 2. The molecule has 0 N–H and O–H groups in total. The second-order valence-electron chi connectivity index (χ2n) is 6.53. The van der Waals surface area contributed by atoms with Crippen LogP contribution in [0.4, 0.5) is 0 Å². The zero-order valence-corrected chi connectivity index (χ0v) is 16.4. The molecule has 0 amide bonds. The fraction of sp³-hybridized carbons (Fsp3) is 0.348. The van der Waals surface area contributed by atoms with Crippen molar-refractivity contribution in [1.29, 1.82) is 0 Å². The molecule has 0 spiro atoms. The zero-order valence-electron chi connectivity index (χ0n) is 16.4. The Morgan fingerprint density at radius 1 is 0.643 bits per heavy atom. The summed E-state index contributed by atoms with van der Waals surface area (Å²) in [6, 6.07) is 13.0. The Morgan fingerprint density at radius 2 is 1.00 bits per heavy atom. The SMILES string of the molecule is CCCCC(=O)Oc1ccc(C(=O)c2ccc(OC(=O)CCCC)cc2)cc1. The highest BCUT2D eigenvalue weighted by atomic mass is 16.5. The van der Waals surface area contributed by atoms with E-state index >= 15 is 0 Å². The Kier molecular flexibility index (Phi) is 8.40. The monoisotopic (exact) mass is 382 g/mol. The van der Waals surface area contributed by atoms with Gasteiger partial charge in [0, 0.05) is 24.0 Å². The maximum absolute atomic E-state index is 12.6. The molecule has 0 fully saturated rings. The first-order chi connectivity index (χ1) is 13.5. The summed E-state index contributed by atoms with van der Waals surface area (Å²) in [7, 11) is 0. The molecule has 0 saturated heterocycles. The minimum absolute atomic E-state index is 0.160. The van der Waals surface area contributed by atoms with E-state index in [0.29, 0.717) is 35.5 Å². The van der Waals surface area contributed by atoms with Gasteiger partial charge in [-0.05, 0) is 61.4 Å². The normalized spacial score (nSPS) is 10.4. The third kappa shape index (κ3) is 6.65. The van der Waals surface area contributed by atoms with Gasteiger partial charge in [-0.25, -0.2) is 0 Å². The molecule has 0 heterocycles. The molecule has 0 bridgehead atoms. The predicted octanol–water partition coefficient (Wildman–Crippen LogP) is 5.11. The van der Waals surface area contributed by atoms with Crippen molar-refractivity contribution in [3.63, 3.8) is 0 Å². The lowest BCUT2D eigenvalue weighted by Gasteiger charge is -2.07. The summed E-state index contributed by atoms with van der Waals surface area (Å²) in [6.07, 6.45) is 4.20. The average Bonchev–Trinajstić information content (AvgIpc) is 2.71. The van der Waals surface area contributed by atoms with Crippen LogP contribution in [0, 0.1) is 0 Å². The van der Waals surface area contributed by atoms with Crippen LogP contribution in [0.5, 0.6) is 11.5 Å². The molecule has 148 valence electrons. The maximum Gasteiger partial charge on any atom is 0.311 e. The number of ketones is 1. The Balaban J connectivity index is 1.96. The maximum atomic E-state index is 12.6. The van der Waals surface area contributed by atoms with Gasteiger partial charge in [0.1, 0.15) is 11.5 Å². The average molecular weight is 382 g/mol. The number of hydrogen-bond donors (Lipinski definition) is 0. The van der Waals surface area contributed by atoms with Crippen molar-refractivity contribution >= 4 is 17.7 Å². The van der Waals surface area contributed by atoms with Crippen molar-refractivity contribution in [2.24, 2.45) is 0 Å². The van der Waals surface area contributed by atoms with Gasteiger partial charge in [-0.2, -0.15) is 0 Å². The second kappa shape index (κ2) is 11.0. The van der Waals surface area contributed by atoms with Gasteiger partial charge in [-0.1, -0.05) is 26.7 Å². The minimum Gasteiger partial charge on any atom is -0.427 e. The standard InChI is InChI=1S/C23H26O5/c1-3-5-7-21(24)27-19-13-9-17(10-14-19)23(26)18-11-15-20(16-12-18)28-22(25)8-6-4-2/h9-16H,3-8H2,1-2H3. The van der Waals surface area contributed by atoms with E-state index in [2.05, 4.69) is 0 Å². The molecule has 5 heteroatoms. The summed E-state index contributed by atoms with van der Waals surface area (Å²) in [5.41, 5.74) is 0.974. The van der Waals surface area contributed by atoms with Crippen LogP contribution < -0.4 is 9.47 Å². The van der Waals surface area contributed by atoms with Crippen molar-refractivity contribution < 1.29 is 23.9 Å². The van der Waals surface area contributed by atoms with Crippen molar-refractivity contribution in [2.45, 2.75) is 52.4 Å². The highest BCUT2D eigenvalue weighted by molar-refractivity contribution is 6.09. The summed E-state index contributed by atoms with van der Waals surface area (Å²) >= 11 is 0. The fourth-order valence-corrected chi connectivity index (χ4v) is 2.52. The number of carbonyl (C=O) groups excluding carboxylic acids is 3. The van der Waals surface area contributed by atoms with Crippen LogP contribution in [0.3, 0.4) is 0 Å². The fourth-order valence-electron chi connectivity index (χ4n) is 2.52. The Labute approximate surface area is 165 Å². The Bertz CT molecular complexity index is 723. The third-order valence-corrected chi connectivity index (χ3v) is 4.17. The summed E-state index contributed by atoms with van der Waals surface area (Å²) < 4.78 is 10.5. The van der Waals surface area contributed by atoms with E-state index in [9.17, 15) is 14.4 Å². The third-order valence-electron chi connectivity index (χ3n) is 4.17. The highest BCUT2D eigenvalue weighted by Crippen LogP contribution is 2.19. The molecule has 5 nitrogen and oxygen atoms in total. The van der Waals surface area contributed by atoms with Crippen molar-refractivity contribution in [3.8, 4) is 11.5 Å². The van der Waals surface area contributed by atoms with Crippen molar-refractivity contribution in [3.05, 3.63) is 59.7 Å². The van der Waals surface area contributed by atoms with Crippen molar-refractivity contribution in [1.82, 2.24) is 0 Å². The number of hydrogen-bond acceptors (Lipinski definition) is 5. The molecule has 0 aliphatic heterocycles. The van der Waals surface area contributed by atoms with Gasteiger partial charge in [0.05, 0.1) is 0 Å². The van der Waals surface area contributed by atoms with E-state index in [0.717, 1.165) is 25.7 Å². The Morgan fingerprint density at radius 3 is 1.32 bits per heavy atom. The molecule has 0 aliphatic rings. The van der Waals surface area contributed by atoms with Gasteiger partial charge in [0.25, 0.3) is 0 Å². The van der Waals surface area contributed by atoms with Gasteiger partial charge in [-0.15, -0.1) is 0 Å². The molecular weight excluding hydrogens is 356 g/mol. The summed E-state index contributed by atoms with van der Waals surface area (Å²) in [5, 5.41) is 0. The summed E-state index contributed by atoms with van der Waals surface area (Å²) in [5.74, 6) is 0.140. The lowest BCUT2D eigenvalue weighted by atomic mass is 10.0. The van der Waals surface area contributed by atoms with Crippen LogP contribution in [-0.4, -0.2) is 17.7 Å². The first kappa shape index (κ1) is 21.4. The van der Waals surface area contributed by atoms with E-state index in [1.54, 1.807) is 48.5 Å². The van der Waals surface area contributed by atoms with Gasteiger partial charge in [0.2, 0.25) is 0 Å². The van der Waals surface area contributed by atoms with E-state index < -0.39 is 0 Å². The topological polar surface area (TPSA) is 69.7 Å². The molecule has 0 radical (unpaired) electrons. The molecule has 0 aromatic heterocycles. The zero-order chi connectivity index (χ0) is 20.4. The second-order valence-corrected chi connectivity index (χ2v) is 6.53. The lowest BCUT2D eigenvalue weighted by Crippen LogP contribution is -2.08. The van der Waals surface area contributed by atoms with E-state index in [4.69, 9.17) is 9.47 Å². The quantitative estimate of drug-likeness (QED) is 0.324. The van der Waals surface area contributed by atoms with Gasteiger partial charge >= 0.3 is 11.9 Å². The number of carbonyl (C=O) groups is 3. The molecule has 0 unspecified atom stereocenters. The smallest absolute Gasteiger partial charge is 0.311 e. The highest BCUT2D eigenvalue weighted by Gasteiger charge is 2.11. The lowest BCUT2D eigenvalue weighted by molar-refractivity contribution is -0.135. The number of benzene rings is 2. The number of unbranched alkanes of at least 4 members (excludes halogenated alkanes) is 2. The van der Waals surface area contributed by atoms with Gasteiger partial charge < -0.3 is 9.47 Å². The predicted molar refractivity (Wildman–Crippen MR) is 107 cm³/mol. The molecule has 2 aromatic rings. The number of rotatable bonds is 10. The van der Waals surface area contributed by atoms with Crippen LogP contribution in [0.1, 0.15) is 68.3 Å². The van der Waals surface area contributed by atoms with Crippen LogP contribution in [0.2, 0.25) is 0 Å². The van der Waals surface area contributed by atoms with Gasteiger partial charge in [-0.3, -0.25) is 14.4 Å². The van der Waals surface area contributed by atoms with Gasteiger partial charge in [0.15, 0.2) is 5.78 Å². The van der Waals surface area contributed by atoms with Crippen LogP contribution in [-0.2, 0) is 9.59 Å². The first-order valence-corrected chi connectivity index (χ1v) is 9.69. The number of ether oxygens (including phenoxy) is 2. The van der Waals surface area contributed by atoms with Crippen LogP contribution in [0.25, 0.3) is 0 Å². The molecule has 0 aliphatic carbocycles. The molecule has 2 rings (SSSR count). The molecular formula is C23H26O5. The molecule has 0 saturated carbocycles. The van der Waals surface area contributed by atoms with E-state index in [1.807, 2.05) is 13.8 Å². The van der Waals surface area contributed by atoms with E-state index in [1.165, 1.54) is 0 Å². The minimum atomic E-state index is -0.273. The van der Waals surface area contributed by atoms with Crippen molar-refractivity contribution in [2.75, 3.05) is 0 Å². The summed E-state index contributed by atoms with van der Waals surface area (Å²) in [6.45, 7) is 4.02. The first-order valence-electron chi connectivity index (χ1n) is 9.69. The van der Waals surface area contributed by atoms with Crippen LogP contribution in [0.15, 0.2) is 48.5 Å². The molecule has 0 atom stereocenters. The summed E-state index contributed by atoms with van der Waals surface area (Å²) in [4.78, 5) is 35.9.